The van der Waals surface area contributed by atoms with E-state index in [0.717, 1.165) is 10.9 Å². The van der Waals surface area contributed by atoms with E-state index in [1.165, 1.54) is 0 Å². The monoisotopic (exact) mass is 324 g/mol. The number of fused-ring (bicyclic) bond motifs is 2. The molecule has 0 spiro atoms. The first-order chi connectivity index (χ1) is 11.6. The number of anilines is 1. The van der Waals surface area contributed by atoms with Gasteiger partial charge >= 0.3 is 0 Å². The second-order valence-electron chi connectivity index (χ2n) is 5.88. The van der Waals surface area contributed by atoms with Crippen LogP contribution in [-0.2, 0) is 11.8 Å². The number of carbonyl (C=O) groups is 1. The Bertz CT molecular complexity index is 1020. The van der Waals surface area contributed by atoms with E-state index in [-0.39, 0.29) is 23.8 Å². The minimum atomic E-state index is -0.308. The lowest BCUT2D eigenvalue weighted by Gasteiger charge is -2.22. The maximum Gasteiger partial charge on any atom is 0.252 e. The van der Waals surface area contributed by atoms with Crippen LogP contribution in [0, 0.1) is 0 Å². The van der Waals surface area contributed by atoms with Gasteiger partial charge in [0.25, 0.3) is 5.56 Å². The molecule has 1 aliphatic rings. The summed E-state index contributed by atoms with van der Waals surface area (Å²) in [7, 11) is 3.34. The van der Waals surface area contributed by atoms with Crippen molar-refractivity contribution in [2.45, 2.75) is 12.3 Å². The number of methoxy groups -OCH3 is 1. The quantitative estimate of drug-likeness (QED) is 0.751. The van der Waals surface area contributed by atoms with E-state index in [0.29, 0.717) is 22.6 Å². The minimum absolute atomic E-state index is 0.120. The number of nitrogens with one attached hydrogen (secondary N) is 2. The minimum Gasteiger partial charge on any atom is -0.497 e. The second kappa shape index (κ2) is 5.23. The molecule has 1 amide bonds. The number of pyridine rings is 1. The van der Waals surface area contributed by atoms with Crippen LogP contribution >= 0.6 is 0 Å². The van der Waals surface area contributed by atoms with Crippen LogP contribution < -0.4 is 15.6 Å². The molecule has 3 heterocycles. The number of aromatic nitrogens is 3. The Balaban J connectivity index is 1.89. The number of amides is 1. The van der Waals surface area contributed by atoms with Gasteiger partial charge in [0.05, 0.1) is 18.8 Å². The lowest BCUT2D eigenvalue weighted by Crippen LogP contribution is -2.27. The predicted octanol–water partition coefficient (Wildman–Crippen LogP) is 1.74. The molecule has 0 bridgehead atoms. The molecule has 2 N–H and O–H groups in total. The largest absolute Gasteiger partial charge is 0.497 e. The number of rotatable bonds is 2. The number of aromatic amines is 1. The number of hydrogen-bond donors (Lipinski definition) is 2. The summed E-state index contributed by atoms with van der Waals surface area (Å²) in [5.41, 5.74) is 1.92. The average Bonchev–Trinajstić information content (AvgIpc) is 2.94. The molecule has 0 fully saturated rings. The molecule has 0 saturated carbocycles. The molecule has 2 aromatic heterocycles. The van der Waals surface area contributed by atoms with Gasteiger partial charge in [0, 0.05) is 36.6 Å². The maximum atomic E-state index is 12.6. The normalized spacial score (nSPS) is 16.8. The molecule has 0 aliphatic carbocycles. The second-order valence-corrected chi connectivity index (χ2v) is 5.88. The third-order valence-electron chi connectivity index (χ3n) is 4.45. The number of carbonyl (C=O) groups excluding carboxylic acids is 1. The molecule has 4 rings (SSSR count). The van der Waals surface area contributed by atoms with Crippen LogP contribution in [0.1, 0.15) is 23.5 Å². The van der Waals surface area contributed by atoms with Crippen molar-refractivity contribution in [3.8, 4) is 5.75 Å². The summed E-state index contributed by atoms with van der Waals surface area (Å²) in [5.74, 6) is 0.894. The summed E-state index contributed by atoms with van der Waals surface area (Å²) in [5, 5.41) is 7.90. The third kappa shape index (κ3) is 2.17. The van der Waals surface area contributed by atoms with Crippen LogP contribution in [0.5, 0.6) is 5.75 Å². The van der Waals surface area contributed by atoms with Crippen molar-refractivity contribution in [1.29, 1.82) is 0 Å². The van der Waals surface area contributed by atoms with Crippen molar-refractivity contribution in [1.82, 2.24) is 14.8 Å². The average molecular weight is 324 g/mol. The van der Waals surface area contributed by atoms with E-state index < -0.39 is 0 Å². The first-order valence-corrected chi connectivity index (χ1v) is 7.59. The van der Waals surface area contributed by atoms with Crippen molar-refractivity contribution in [3.05, 3.63) is 51.9 Å². The molecule has 1 aromatic carbocycles. The highest BCUT2D eigenvalue weighted by Gasteiger charge is 2.31. The zero-order valence-corrected chi connectivity index (χ0v) is 13.3. The van der Waals surface area contributed by atoms with Gasteiger partial charge in [-0.3, -0.25) is 14.3 Å². The molecule has 1 unspecified atom stereocenters. The van der Waals surface area contributed by atoms with E-state index >= 15 is 0 Å². The molecule has 24 heavy (non-hydrogen) atoms. The first-order valence-electron chi connectivity index (χ1n) is 7.59. The number of H-pyrrole nitrogens is 1. The summed E-state index contributed by atoms with van der Waals surface area (Å²) in [6.45, 7) is 0. The van der Waals surface area contributed by atoms with Crippen LogP contribution in [0.3, 0.4) is 0 Å². The van der Waals surface area contributed by atoms with Gasteiger partial charge in [-0.05, 0) is 23.6 Å². The first kappa shape index (κ1) is 14.5. The summed E-state index contributed by atoms with van der Waals surface area (Å²) in [4.78, 5) is 27.5. The van der Waals surface area contributed by atoms with E-state index in [4.69, 9.17) is 4.74 Å². The van der Waals surface area contributed by atoms with Gasteiger partial charge in [0.1, 0.15) is 11.6 Å². The van der Waals surface area contributed by atoms with Gasteiger partial charge in [0.15, 0.2) is 0 Å². The van der Waals surface area contributed by atoms with E-state index in [2.05, 4.69) is 15.4 Å². The van der Waals surface area contributed by atoms with Crippen molar-refractivity contribution in [2.75, 3.05) is 12.4 Å². The van der Waals surface area contributed by atoms with E-state index in [1.54, 1.807) is 31.1 Å². The van der Waals surface area contributed by atoms with E-state index in [1.807, 2.05) is 18.2 Å². The number of aryl methyl sites for hydroxylation is 1. The highest BCUT2D eigenvalue weighted by Crippen LogP contribution is 2.36. The molecule has 7 heteroatoms. The van der Waals surface area contributed by atoms with Crippen molar-refractivity contribution in [3.63, 3.8) is 0 Å². The molecule has 1 atom stereocenters. The van der Waals surface area contributed by atoms with E-state index in [9.17, 15) is 9.59 Å². The lowest BCUT2D eigenvalue weighted by atomic mass is 9.87. The molecule has 122 valence electrons. The molecular formula is C17H16N4O3. The highest BCUT2D eigenvalue weighted by atomic mass is 16.5. The fraction of sp³-hybridized carbons (Fsp3) is 0.235. The smallest absolute Gasteiger partial charge is 0.252 e. The number of benzene rings is 1. The summed E-state index contributed by atoms with van der Waals surface area (Å²) < 4.78 is 6.80. The van der Waals surface area contributed by atoms with Gasteiger partial charge in [-0.15, -0.1) is 0 Å². The summed E-state index contributed by atoms with van der Waals surface area (Å²) >= 11 is 0. The van der Waals surface area contributed by atoms with Crippen molar-refractivity contribution < 1.29 is 9.53 Å². The van der Waals surface area contributed by atoms with Crippen molar-refractivity contribution in [2.24, 2.45) is 7.05 Å². The van der Waals surface area contributed by atoms with Gasteiger partial charge in [0.2, 0.25) is 5.91 Å². The van der Waals surface area contributed by atoms with Gasteiger partial charge in [-0.25, -0.2) is 0 Å². The lowest BCUT2D eigenvalue weighted by molar-refractivity contribution is -0.116. The third-order valence-corrected chi connectivity index (χ3v) is 4.45. The van der Waals surface area contributed by atoms with Crippen LogP contribution in [0.25, 0.3) is 10.9 Å². The van der Waals surface area contributed by atoms with Crippen molar-refractivity contribution >= 4 is 22.6 Å². The van der Waals surface area contributed by atoms with Gasteiger partial charge in [-0.2, -0.15) is 5.10 Å². The number of ether oxygens (including phenoxy) is 1. The Morgan fingerprint density at radius 2 is 2.08 bits per heavy atom. The Morgan fingerprint density at radius 3 is 2.88 bits per heavy atom. The van der Waals surface area contributed by atoms with Gasteiger partial charge in [-0.1, -0.05) is 0 Å². The van der Waals surface area contributed by atoms with Crippen LogP contribution in [0.2, 0.25) is 0 Å². The van der Waals surface area contributed by atoms with Crippen LogP contribution in [-0.4, -0.2) is 27.8 Å². The maximum absolute atomic E-state index is 12.6. The molecule has 7 nitrogen and oxygen atoms in total. The SMILES string of the molecule is COc1ccc2cc(C3CC(=O)Nc4c3cnn4C)c(=O)[nH]c2c1. The Morgan fingerprint density at radius 1 is 1.25 bits per heavy atom. The zero-order valence-electron chi connectivity index (χ0n) is 13.3. The Labute approximate surface area is 137 Å². The van der Waals surface area contributed by atoms with Crippen LogP contribution in [0.15, 0.2) is 35.3 Å². The van der Waals surface area contributed by atoms with Gasteiger partial charge < -0.3 is 15.0 Å². The molecule has 0 radical (unpaired) electrons. The molecule has 1 aliphatic heterocycles. The number of hydrogen-bond acceptors (Lipinski definition) is 4. The molecule has 3 aromatic rings. The van der Waals surface area contributed by atoms with Crippen LogP contribution in [0.4, 0.5) is 5.82 Å². The zero-order chi connectivity index (χ0) is 16.8. The summed E-state index contributed by atoms with van der Waals surface area (Å²) in [6, 6.07) is 7.35. The Kier molecular flexibility index (Phi) is 3.16. The summed E-state index contributed by atoms with van der Waals surface area (Å²) in [6.07, 6.45) is 1.93. The Hall–Kier alpha value is -3.09. The molecule has 0 saturated heterocycles. The fourth-order valence-electron chi connectivity index (χ4n) is 3.20. The fourth-order valence-corrected chi connectivity index (χ4v) is 3.20. The molecular weight excluding hydrogens is 308 g/mol. The topological polar surface area (TPSA) is 89.0 Å². The standard InChI is InChI=1S/C17H16N4O3/c1-21-16-13(8-18-21)11(7-15(22)20-16)12-5-9-3-4-10(24-2)6-14(9)19-17(12)23/h3-6,8,11H,7H2,1-2H3,(H,19,23)(H,20,22). The number of nitrogens with zero attached hydrogens (tertiary/aromatic N) is 2. The predicted molar refractivity (Wildman–Crippen MR) is 89.4 cm³/mol. The highest BCUT2D eigenvalue weighted by molar-refractivity contribution is 5.94.